The zero-order chi connectivity index (χ0) is 21.3. The molecule has 150 valence electrons. The molecule has 0 bridgehead atoms. The van der Waals surface area contributed by atoms with Crippen LogP contribution >= 0.6 is 11.6 Å². The zero-order valence-corrected chi connectivity index (χ0v) is 15.9. The predicted octanol–water partition coefficient (Wildman–Crippen LogP) is 5.12. The normalized spacial score (nSPS) is 10.8. The van der Waals surface area contributed by atoms with Gasteiger partial charge in [-0.25, -0.2) is 18.6 Å². The minimum atomic E-state index is -1.25. The number of hydrogen-bond acceptors (Lipinski definition) is 3. The van der Waals surface area contributed by atoms with Crippen LogP contribution in [0.3, 0.4) is 0 Å². The summed E-state index contributed by atoms with van der Waals surface area (Å²) in [5.41, 5.74) is 2.21. The first kappa shape index (κ1) is 19.5. The minimum absolute atomic E-state index is 0.318. The minimum Gasteiger partial charge on any atom is -0.338 e. The van der Waals surface area contributed by atoms with Crippen molar-refractivity contribution in [2.75, 3.05) is 5.32 Å². The van der Waals surface area contributed by atoms with Gasteiger partial charge in [0.25, 0.3) is 5.91 Å². The number of urea groups is 1. The highest BCUT2D eigenvalue weighted by atomic mass is 35.5. The van der Waals surface area contributed by atoms with Crippen molar-refractivity contribution in [3.63, 3.8) is 0 Å². The van der Waals surface area contributed by atoms with Gasteiger partial charge in [0.05, 0.1) is 27.3 Å². The molecule has 4 aromatic rings. The number of nitrogens with zero attached hydrogens (tertiary/aromatic N) is 1. The lowest BCUT2D eigenvalue weighted by Gasteiger charge is -2.11. The van der Waals surface area contributed by atoms with Crippen LogP contribution in [0.2, 0.25) is 5.02 Å². The van der Waals surface area contributed by atoms with Gasteiger partial charge in [0.1, 0.15) is 5.82 Å². The Labute approximate surface area is 173 Å². The van der Waals surface area contributed by atoms with Crippen LogP contribution in [0.4, 0.5) is 19.3 Å². The summed E-state index contributed by atoms with van der Waals surface area (Å²) in [5, 5.41) is 4.28. The molecule has 1 heterocycles. The maximum absolute atomic E-state index is 13.4. The van der Waals surface area contributed by atoms with Crippen LogP contribution in [0.25, 0.3) is 22.4 Å². The van der Waals surface area contributed by atoms with E-state index in [4.69, 9.17) is 11.6 Å². The number of H-pyrrole nitrogens is 1. The highest BCUT2D eigenvalue weighted by Gasteiger charge is 2.18. The van der Waals surface area contributed by atoms with Crippen molar-refractivity contribution in [2.24, 2.45) is 0 Å². The van der Waals surface area contributed by atoms with E-state index >= 15 is 0 Å². The van der Waals surface area contributed by atoms with Crippen LogP contribution in [0.1, 0.15) is 10.4 Å². The monoisotopic (exact) mass is 426 g/mol. The van der Waals surface area contributed by atoms with Crippen molar-refractivity contribution in [3.05, 3.63) is 82.9 Å². The lowest BCUT2D eigenvalue weighted by Crippen LogP contribution is -2.34. The van der Waals surface area contributed by atoms with Gasteiger partial charge in [-0.15, -0.1) is 0 Å². The zero-order valence-electron chi connectivity index (χ0n) is 15.2. The smallest absolute Gasteiger partial charge is 0.326 e. The summed E-state index contributed by atoms with van der Waals surface area (Å²) in [7, 11) is 0. The third-order valence-electron chi connectivity index (χ3n) is 4.30. The summed E-state index contributed by atoms with van der Waals surface area (Å²) < 4.78 is 26.6. The average Bonchev–Trinajstić information content (AvgIpc) is 3.15. The van der Waals surface area contributed by atoms with E-state index in [-0.39, 0.29) is 10.6 Å². The van der Waals surface area contributed by atoms with Gasteiger partial charge in [0.2, 0.25) is 0 Å². The fourth-order valence-corrected chi connectivity index (χ4v) is 3.14. The quantitative estimate of drug-likeness (QED) is 0.397. The number of aromatic nitrogens is 2. The van der Waals surface area contributed by atoms with Gasteiger partial charge in [-0.05, 0) is 36.4 Å². The molecule has 4 rings (SSSR count). The van der Waals surface area contributed by atoms with Crippen LogP contribution in [0, 0.1) is 11.6 Å². The van der Waals surface area contributed by atoms with Gasteiger partial charge >= 0.3 is 6.03 Å². The topological polar surface area (TPSA) is 86.9 Å². The van der Waals surface area contributed by atoms with E-state index in [1.54, 1.807) is 24.3 Å². The van der Waals surface area contributed by atoms with Gasteiger partial charge in [0, 0.05) is 5.56 Å². The summed E-state index contributed by atoms with van der Waals surface area (Å²) in [4.78, 5) is 32.2. The maximum Gasteiger partial charge on any atom is 0.326 e. The number of nitrogens with one attached hydrogen (secondary N) is 3. The molecular formula is C21H13ClF2N4O2. The third kappa shape index (κ3) is 3.85. The van der Waals surface area contributed by atoms with Crippen molar-refractivity contribution in [2.45, 2.75) is 0 Å². The van der Waals surface area contributed by atoms with E-state index < -0.39 is 23.6 Å². The molecule has 0 saturated carbocycles. The lowest BCUT2D eigenvalue weighted by molar-refractivity contribution is 0.0966. The van der Waals surface area contributed by atoms with E-state index in [0.717, 1.165) is 11.0 Å². The number of para-hydroxylation sites is 3. The summed E-state index contributed by atoms with van der Waals surface area (Å²) in [6.07, 6.45) is 0. The van der Waals surface area contributed by atoms with Crippen LogP contribution in [0.5, 0.6) is 0 Å². The van der Waals surface area contributed by atoms with Crippen LogP contribution < -0.4 is 10.6 Å². The molecule has 0 aliphatic carbocycles. The molecule has 3 aromatic carbocycles. The van der Waals surface area contributed by atoms with Crippen LogP contribution in [-0.2, 0) is 0 Å². The molecule has 1 aromatic heterocycles. The first-order valence-corrected chi connectivity index (χ1v) is 9.11. The van der Waals surface area contributed by atoms with Crippen molar-refractivity contribution >= 4 is 40.3 Å². The summed E-state index contributed by atoms with van der Waals surface area (Å²) in [6, 6.07) is 14.7. The first-order chi connectivity index (χ1) is 14.4. The summed E-state index contributed by atoms with van der Waals surface area (Å²) in [6.45, 7) is 0. The number of rotatable bonds is 3. The molecular weight excluding hydrogens is 414 g/mol. The Hall–Kier alpha value is -3.78. The van der Waals surface area contributed by atoms with Gasteiger partial charge in [-0.3, -0.25) is 10.1 Å². The highest BCUT2D eigenvalue weighted by molar-refractivity contribution is 6.34. The fourth-order valence-electron chi connectivity index (χ4n) is 2.90. The number of anilines is 1. The van der Waals surface area contributed by atoms with Gasteiger partial charge in [-0.2, -0.15) is 0 Å². The standard InChI is InChI=1S/C21H13ClF2N4O2/c22-13-10-15(24)14(23)9-12(13)20(29)28-21(30)27-16-6-2-1-5-11(16)19-25-17-7-3-4-8-18(17)26-19/h1-10H,(H,25,26)(H2,27,28,29,30). The second kappa shape index (κ2) is 7.92. The van der Waals surface area contributed by atoms with E-state index in [9.17, 15) is 18.4 Å². The Balaban J connectivity index is 1.56. The van der Waals surface area contributed by atoms with Crippen LogP contribution in [-0.4, -0.2) is 21.9 Å². The van der Waals surface area contributed by atoms with Crippen molar-refractivity contribution < 1.29 is 18.4 Å². The number of benzene rings is 3. The number of imide groups is 1. The molecule has 0 aliphatic heterocycles. The third-order valence-corrected chi connectivity index (χ3v) is 4.61. The number of carbonyl (C=O) groups excluding carboxylic acids is 2. The van der Waals surface area contributed by atoms with Gasteiger partial charge < -0.3 is 10.3 Å². The molecule has 0 radical (unpaired) electrons. The SMILES string of the molecule is O=C(NC(=O)c1cc(F)c(F)cc1Cl)Nc1ccccc1-c1nc2ccccc2[nH]1. The molecule has 3 amide bonds. The molecule has 0 atom stereocenters. The number of amides is 3. The Kier molecular flexibility index (Phi) is 5.16. The molecule has 0 saturated heterocycles. The number of halogens is 3. The second-order valence-corrected chi connectivity index (χ2v) is 6.71. The van der Waals surface area contributed by atoms with Gasteiger partial charge in [-0.1, -0.05) is 35.9 Å². The van der Waals surface area contributed by atoms with Gasteiger partial charge in [0.15, 0.2) is 11.6 Å². The van der Waals surface area contributed by atoms with E-state index in [1.165, 1.54) is 0 Å². The maximum atomic E-state index is 13.4. The van der Waals surface area contributed by atoms with Crippen molar-refractivity contribution in [1.29, 1.82) is 0 Å². The number of fused-ring (bicyclic) bond motifs is 1. The van der Waals surface area contributed by atoms with Crippen LogP contribution in [0.15, 0.2) is 60.7 Å². The van der Waals surface area contributed by atoms with Crippen molar-refractivity contribution in [3.8, 4) is 11.4 Å². The number of hydrogen-bond donors (Lipinski definition) is 3. The number of carbonyl (C=O) groups is 2. The first-order valence-electron chi connectivity index (χ1n) is 8.73. The van der Waals surface area contributed by atoms with Crippen molar-refractivity contribution in [1.82, 2.24) is 15.3 Å². The summed E-state index contributed by atoms with van der Waals surface area (Å²) in [5.74, 6) is -2.89. The fraction of sp³-hybridized carbons (Fsp3) is 0. The summed E-state index contributed by atoms with van der Waals surface area (Å²) >= 11 is 5.77. The molecule has 0 unspecified atom stereocenters. The average molecular weight is 427 g/mol. The largest absolute Gasteiger partial charge is 0.338 e. The molecule has 0 fully saturated rings. The lowest BCUT2D eigenvalue weighted by atomic mass is 10.1. The second-order valence-electron chi connectivity index (χ2n) is 6.30. The molecule has 0 aliphatic rings. The Morgan fingerprint density at radius 2 is 1.67 bits per heavy atom. The number of imidazole rings is 1. The Morgan fingerprint density at radius 3 is 2.47 bits per heavy atom. The molecule has 3 N–H and O–H groups in total. The Bertz CT molecular complexity index is 1260. The molecule has 0 spiro atoms. The number of aromatic amines is 1. The molecule has 30 heavy (non-hydrogen) atoms. The Morgan fingerprint density at radius 1 is 0.967 bits per heavy atom. The molecule has 9 heteroatoms. The van der Waals surface area contributed by atoms with E-state index in [0.29, 0.717) is 29.2 Å². The highest BCUT2D eigenvalue weighted by Crippen LogP contribution is 2.27. The van der Waals surface area contributed by atoms with E-state index in [2.05, 4.69) is 15.3 Å². The molecule has 6 nitrogen and oxygen atoms in total. The predicted molar refractivity (Wildman–Crippen MR) is 109 cm³/mol. The van der Waals surface area contributed by atoms with E-state index in [1.807, 2.05) is 29.6 Å².